The summed E-state index contributed by atoms with van der Waals surface area (Å²) in [6, 6.07) is 3.90. The van der Waals surface area contributed by atoms with Crippen molar-refractivity contribution in [3.8, 4) is 0 Å². The van der Waals surface area contributed by atoms with Gasteiger partial charge in [-0.2, -0.15) is 0 Å². The molecule has 1 N–H and O–H groups in total. The maximum Gasteiger partial charge on any atom is 0.237 e. The number of hydrogen-bond donors (Lipinski definition) is 1. The van der Waals surface area contributed by atoms with Crippen LogP contribution in [0.4, 0.5) is 0 Å². The summed E-state index contributed by atoms with van der Waals surface area (Å²) < 4.78 is 0. The summed E-state index contributed by atoms with van der Waals surface area (Å²) in [5.41, 5.74) is 0. The van der Waals surface area contributed by atoms with E-state index in [2.05, 4.69) is 15.1 Å². The van der Waals surface area contributed by atoms with Gasteiger partial charge in [0.25, 0.3) is 0 Å². The molecular formula is C19H29N3O2S. The third kappa shape index (κ3) is 4.82. The Morgan fingerprint density at radius 1 is 1.20 bits per heavy atom. The van der Waals surface area contributed by atoms with Gasteiger partial charge in [-0.05, 0) is 63.6 Å². The molecule has 3 rings (SSSR count). The Morgan fingerprint density at radius 3 is 2.56 bits per heavy atom. The number of thiophene rings is 1. The maximum absolute atomic E-state index is 12.6. The van der Waals surface area contributed by atoms with Crippen molar-refractivity contribution in [3.05, 3.63) is 22.4 Å². The molecule has 1 atom stereocenters. The molecule has 25 heavy (non-hydrogen) atoms. The van der Waals surface area contributed by atoms with Crippen LogP contribution in [0.5, 0.6) is 0 Å². The van der Waals surface area contributed by atoms with Crippen LogP contribution in [0.2, 0.25) is 0 Å². The molecule has 0 aliphatic carbocycles. The van der Waals surface area contributed by atoms with Crippen LogP contribution in [0.25, 0.3) is 0 Å². The Labute approximate surface area is 154 Å². The fourth-order valence-electron chi connectivity index (χ4n) is 3.81. The minimum Gasteiger partial charge on any atom is -0.350 e. The van der Waals surface area contributed by atoms with E-state index in [9.17, 15) is 9.59 Å². The van der Waals surface area contributed by atoms with Crippen molar-refractivity contribution in [1.82, 2.24) is 15.1 Å². The average Bonchev–Trinajstić information content (AvgIpc) is 3.19. The van der Waals surface area contributed by atoms with E-state index in [0.717, 1.165) is 51.9 Å². The molecule has 2 aliphatic rings. The molecule has 1 unspecified atom stereocenters. The molecule has 0 saturated carbocycles. The first-order valence-electron chi connectivity index (χ1n) is 9.48. The second-order valence-electron chi connectivity index (χ2n) is 7.17. The van der Waals surface area contributed by atoms with Gasteiger partial charge < -0.3 is 10.2 Å². The van der Waals surface area contributed by atoms with Crippen molar-refractivity contribution in [2.75, 3.05) is 26.2 Å². The quantitative estimate of drug-likeness (QED) is 0.874. The van der Waals surface area contributed by atoms with E-state index in [1.807, 2.05) is 24.4 Å². The highest BCUT2D eigenvalue weighted by molar-refractivity contribution is 7.09. The summed E-state index contributed by atoms with van der Waals surface area (Å²) in [6.07, 6.45) is 5.29. The van der Waals surface area contributed by atoms with E-state index in [1.54, 1.807) is 11.3 Å². The van der Waals surface area contributed by atoms with Crippen molar-refractivity contribution < 1.29 is 9.59 Å². The van der Waals surface area contributed by atoms with Gasteiger partial charge in [0.15, 0.2) is 0 Å². The van der Waals surface area contributed by atoms with Crippen molar-refractivity contribution in [2.45, 2.75) is 51.6 Å². The summed E-state index contributed by atoms with van der Waals surface area (Å²) in [4.78, 5) is 30.4. The average molecular weight is 364 g/mol. The Bertz CT molecular complexity index is 561. The smallest absolute Gasteiger partial charge is 0.237 e. The van der Waals surface area contributed by atoms with Crippen LogP contribution >= 0.6 is 11.3 Å². The lowest BCUT2D eigenvalue weighted by Crippen LogP contribution is -2.50. The molecule has 6 heteroatoms. The van der Waals surface area contributed by atoms with Gasteiger partial charge in [-0.15, -0.1) is 11.3 Å². The number of likely N-dealkylation sites (tertiary alicyclic amines) is 2. The van der Waals surface area contributed by atoms with Crippen LogP contribution in [0.3, 0.4) is 0 Å². The molecule has 138 valence electrons. The second kappa shape index (κ2) is 8.81. The van der Waals surface area contributed by atoms with Crippen LogP contribution < -0.4 is 5.32 Å². The summed E-state index contributed by atoms with van der Waals surface area (Å²) in [5.74, 6) is 0.569. The monoisotopic (exact) mass is 363 g/mol. The Morgan fingerprint density at radius 2 is 1.92 bits per heavy atom. The molecule has 1 aromatic heterocycles. The van der Waals surface area contributed by atoms with Gasteiger partial charge in [-0.1, -0.05) is 6.07 Å². The van der Waals surface area contributed by atoms with E-state index in [-0.39, 0.29) is 17.9 Å². The van der Waals surface area contributed by atoms with E-state index < -0.39 is 0 Å². The lowest BCUT2D eigenvalue weighted by atomic mass is 9.93. The van der Waals surface area contributed by atoms with Crippen LogP contribution in [0, 0.1) is 5.92 Å². The number of hydrogen-bond acceptors (Lipinski definition) is 4. The lowest BCUT2D eigenvalue weighted by molar-refractivity contribution is -0.138. The molecule has 1 aromatic rings. The lowest BCUT2D eigenvalue weighted by Gasteiger charge is -2.37. The molecule has 3 heterocycles. The summed E-state index contributed by atoms with van der Waals surface area (Å²) in [5, 5.41) is 5.05. The normalized spacial score (nSPS) is 21.1. The standard InChI is InChI=1S/C19H29N3O2S/c1-15(18(23)20-14-17-6-5-13-25-17)21-11-7-16(8-12-21)19(24)22-9-3-2-4-10-22/h5-6,13,15-16H,2-4,7-12,14H2,1H3,(H,20,23). The second-order valence-corrected chi connectivity index (χ2v) is 8.20. The fraction of sp³-hybridized carbons (Fsp3) is 0.684. The van der Waals surface area contributed by atoms with Gasteiger partial charge in [-0.25, -0.2) is 0 Å². The summed E-state index contributed by atoms with van der Waals surface area (Å²) in [7, 11) is 0. The number of amides is 2. The maximum atomic E-state index is 12.6. The Kier molecular flexibility index (Phi) is 6.48. The van der Waals surface area contributed by atoms with Gasteiger partial charge in [0.1, 0.15) is 0 Å². The van der Waals surface area contributed by atoms with Gasteiger partial charge in [0, 0.05) is 23.9 Å². The van der Waals surface area contributed by atoms with E-state index in [1.165, 1.54) is 11.3 Å². The van der Waals surface area contributed by atoms with Gasteiger partial charge in [0.05, 0.1) is 12.6 Å². The Hall–Kier alpha value is -1.40. The van der Waals surface area contributed by atoms with Crippen molar-refractivity contribution in [3.63, 3.8) is 0 Å². The number of nitrogens with one attached hydrogen (secondary N) is 1. The highest BCUT2D eigenvalue weighted by Crippen LogP contribution is 2.23. The molecule has 2 amide bonds. The van der Waals surface area contributed by atoms with E-state index in [4.69, 9.17) is 0 Å². The first-order valence-corrected chi connectivity index (χ1v) is 10.4. The molecule has 2 saturated heterocycles. The number of carbonyl (C=O) groups excluding carboxylic acids is 2. The third-order valence-electron chi connectivity index (χ3n) is 5.49. The zero-order chi connectivity index (χ0) is 17.6. The van der Waals surface area contributed by atoms with Crippen molar-refractivity contribution >= 4 is 23.2 Å². The third-order valence-corrected chi connectivity index (χ3v) is 6.37. The van der Waals surface area contributed by atoms with Crippen molar-refractivity contribution in [2.24, 2.45) is 5.92 Å². The van der Waals surface area contributed by atoms with E-state index in [0.29, 0.717) is 12.5 Å². The molecule has 2 aliphatic heterocycles. The molecule has 5 nitrogen and oxygen atoms in total. The fourth-order valence-corrected chi connectivity index (χ4v) is 4.45. The van der Waals surface area contributed by atoms with E-state index >= 15 is 0 Å². The number of nitrogens with zero attached hydrogens (tertiary/aromatic N) is 2. The zero-order valence-corrected chi connectivity index (χ0v) is 15.9. The largest absolute Gasteiger partial charge is 0.350 e. The first-order chi connectivity index (χ1) is 12.1. The van der Waals surface area contributed by atoms with Crippen molar-refractivity contribution in [1.29, 1.82) is 0 Å². The molecule has 2 fully saturated rings. The van der Waals surface area contributed by atoms with Crippen LogP contribution in [-0.2, 0) is 16.1 Å². The number of carbonyl (C=O) groups is 2. The summed E-state index contributed by atoms with van der Waals surface area (Å²) in [6.45, 7) is 6.10. The zero-order valence-electron chi connectivity index (χ0n) is 15.1. The van der Waals surface area contributed by atoms with Crippen LogP contribution in [0.1, 0.15) is 43.9 Å². The van der Waals surface area contributed by atoms with Gasteiger partial charge in [0.2, 0.25) is 11.8 Å². The molecule has 0 aromatic carbocycles. The van der Waals surface area contributed by atoms with Gasteiger partial charge in [-0.3, -0.25) is 14.5 Å². The Balaban J connectivity index is 1.43. The SMILES string of the molecule is CC(C(=O)NCc1cccs1)N1CCC(C(=O)N2CCCCC2)CC1. The predicted octanol–water partition coefficient (Wildman–Crippen LogP) is 2.48. The van der Waals surface area contributed by atoms with Crippen LogP contribution in [0.15, 0.2) is 17.5 Å². The minimum atomic E-state index is -0.133. The minimum absolute atomic E-state index is 0.0780. The molecule has 0 bridgehead atoms. The molecular weight excluding hydrogens is 334 g/mol. The highest BCUT2D eigenvalue weighted by atomic mass is 32.1. The highest BCUT2D eigenvalue weighted by Gasteiger charge is 2.32. The molecule has 0 radical (unpaired) electrons. The molecule has 0 spiro atoms. The van der Waals surface area contributed by atoms with Crippen LogP contribution in [-0.4, -0.2) is 53.8 Å². The predicted molar refractivity (Wildman–Crippen MR) is 100 cm³/mol. The number of piperidine rings is 2. The summed E-state index contributed by atoms with van der Waals surface area (Å²) >= 11 is 1.66. The number of rotatable bonds is 5. The topological polar surface area (TPSA) is 52.7 Å². The van der Waals surface area contributed by atoms with Gasteiger partial charge >= 0.3 is 0 Å². The first kappa shape index (κ1) is 18.4.